The lowest BCUT2D eigenvalue weighted by molar-refractivity contribution is -0.138. The molecule has 0 heterocycles. The molecular formula is C7H11N3O4. The summed E-state index contributed by atoms with van der Waals surface area (Å²) in [6.07, 6.45) is 1.76. The summed E-state index contributed by atoms with van der Waals surface area (Å²) in [6, 6.07) is -1.17. The van der Waals surface area contributed by atoms with Gasteiger partial charge < -0.3 is 21.9 Å². The molecule has 0 rings (SSSR count). The Kier molecular flexibility index (Phi) is 4.93. The number of hydrogen-bond acceptors (Lipinski definition) is 4. The first-order valence-corrected chi connectivity index (χ1v) is 3.67. The lowest BCUT2D eigenvalue weighted by atomic mass is 10.3. The molecular weight excluding hydrogens is 190 g/mol. The quantitative estimate of drug-likeness (QED) is 0.366. The molecule has 14 heavy (non-hydrogen) atoms. The normalized spacial score (nSPS) is 12.4. The van der Waals surface area contributed by atoms with Crippen molar-refractivity contribution >= 4 is 17.8 Å². The Morgan fingerprint density at radius 1 is 1.36 bits per heavy atom. The third-order valence-electron chi connectivity index (χ3n) is 1.21. The molecule has 0 aliphatic rings. The number of carboxylic acid groups (broad SMARTS) is 1. The Hall–Kier alpha value is -1.89. The van der Waals surface area contributed by atoms with E-state index in [9.17, 15) is 14.4 Å². The topological polar surface area (TPSA) is 136 Å². The summed E-state index contributed by atoms with van der Waals surface area (Å²) in [7, 11) is 0. The van der Waals surface area contributed by atoms with Gasteiger partial charge in [0.2, 0.25) is 11.8 Å². The van der Waals surface area contributed by atoms with Gasteiger partial charge in [-0.3, -0.25) is 14.4 Å². The Bertz CT molecular complexity index is 274. The van der Waals surface area contributed by atoms with Crippen LogP contribution >= 0.6 is 0 Å². The van der Waals surface area contributed by atoms with E-state index in [4.69, 9.17) is 16.6 Å². The van der Waals surface area contributed by atoms with Crippen LogP contribution in [0.2, 0.25) is 0 Å². The van der Waals surface area contributed by atoms with Gasteiger partial charge in [-0.2, -0.15) is 0 Å². The van der Waals surface area contributed by atoms with Crippen molar-refractivity contribution in [2.45, 2.75) is 6.04 Å². The fourth-order valence-electron chi connectivity index (χ4n) is 0.515. The first-order chi connectivity index (χ1) is 6.43. The summed E-state index contributed by atoms with van der Waals surface area (Å²) >= 11 is 0. The van der Waals surface area contributed by atoms with E-state index in [2.05, 4.69) is 5.32 Å². The van der Waals surface area contributed by atoms with Gasteiger partial charge >= 0.3 is 5.97 Å². The van der Waals surface area contributed by atoms with Gasteiger partial charge in [-0.15, -0.1) is 0 Å². The van der Waals surface area contributed by atoms with E-state index >= 15 is 0 Å². The minimum Gasteiger partial charge on any atom is -0.480 e. The second-order valence-corrected chi connectivity index (χ2v) is 2.43. The van der Waals surface area contributed by atoms with Gasteiger partial charge in [-0.1, -0.05) is 0 Å². The first-order valence-electron chi connectivity index (χ1n) is 3.67. The van der Waals surface area contributed by atoms with E-state index in [-0.39, 0.29) is 6.54 Å². The lowest BCUT2D eigenvalue weighted by Gasteiger charge is -2.05. The number of carbonyl (C=O) groups is 3. The van der Waals surface area contributed by atoms with Gasteiger partial charge in [0.25, 0.3) is 0 Å². The summed E-state index contributed by atoms with van der Waals surface area (Å²) in [4.78, 5) is 31.2. The van der Waals surface area contributed by atoms with Gasteiger partial charge in [-0.05, 0) is 0 Å². The van der Waals surface area contributed by atoms with Crippen molar-refractivity contribution in [3.05, 3.63) is 12.2 Å². The predicted molar refractivity (Wildman–Crippen MR) is 47.0 cm³/mol. The van der Waals surface area contributed by atoms with Crippen LogP contribution in [0.3, 0.4) is 0 Å². The smallest absolute Gasteiger partial charge is 0.322 e. The molecule has 7 nitrogen and oxygen atoms in total. The molecule has 7 heteroatoms. The summed E-state index contributed by atoms with van der Waals surface area (Å²) in [6.45, 7) is -0.211. The van der Waals surface area contributed by atoms with Crippen LogP contribution in [0.25, 0.3) is 0 Å². The maximum atomic E-state index is 10.8. The SMILES string of the molecule is NC(=O)/C=C/C(=O)NC[C@H](N)C(=O)O. The van der Waals surface area contributed by atoms with E-state index in [1.807, 2.05) is 0 Å². The summed E-state index contributed by atoms with van der Waals surface area (Å²) < 4.78 is 0. The van der Waals surface area contributed by atoms with Gasteiger partial charge in [0.05, 0.1) is 0 Å². The highest BCUT2D eigenvalue weighted by molar-refractivity contribution is 5.96. The lowest BCUT2D eigenvalue weighted by Crippen LogP contribution is -2.42. The van der Waals surface area contributed by atoms with E-state index in [1.54, 1.807) is 0 Å². The van der Waals surface area contributed by atoms with Crippen LogP contribution < -0.4 is 16.8 Å². The molecule has 0 fully saturated rings. The molecule has 0 spiro atoms. The zero-order chi connectivity index (χ0) is 11.1. The molecule has 0 aromatic rings. The van der Waals surface area contributed by atoms with Crippen LogP contribution in [0.5, 0.6) is 0 Å². The molecule has 0 saturated heterocycles. The molecule has 0 aliphatic carbocycles. The first kappa shape index (κ1) is 12.1. The predicted octanol–water partition coefficient (Wildman–Crippen LogP) is -2.44. The number of carboxylic acids is 1. The van der Waals surface area contributed by atoms with E-state index in [1.165, 1.54) is 0 Å². The number of carbonyl (C=O) groups excluding carboxylic acids is 2. The molecule has 2 amide bonds. The van der Waals surface area contributed by atoms with Crippen LogP contribution in [0.4, 0.5) is 0 Å². The van der Waals surface area contributed by atoms with Crippen LogP contribution in [-0.4, -0.2) is 35.5 Å². The third-order valence-corrected chi connectivity index (χ3v) is 1.21. The number of hydrogen-bond donors (Lipinski definition) is 4. The highest BCUT2D eigenvalue weighted by Crippen LogP contribution is 1.77. The average Bonchev–Trinajstić information content (AvgIpc) is 2.10. The Morgan fingerprint density at radius 2 is 1.93 bits per heavy atom. The van der Waals surface area contributed by atoms with Crippen LogP contribution in [0.15, 0.2) is 12.2 Å². The highest BCUT2D eigenvalue weighted by Gasteiger charge is 2.11. The molecule has 6 N–H and O–H groups in total. The number of primary amides is 1. The minimum atomic E-state index is -1.22. The fourth-order valence-corrected chi connectivity index (χ4v) is 0.515. The average molecular weight is 201 g/mol. The largest absolute Gasteiger partial charge is 0.480 e. The Labute approximate surface area is 79.7 Å². The van der Waals surface area contributed by atoms with Crippen LogP contribution in [0.1, 0.15) is 0 Å². The third kappa shape index (κ3) is 5.72. The van der Waals surface area contributed by atoms with Gasteiger partial charge in [0.15, 0.2) is 0 Å². The Morgan fingerprint density at radius 3 is 2.36 bits per heavy atom. The zero-order valence-corrected chi connectivity index (χ0v) is 7.27. The maximum Gasteiger partial charge on any atom is 0.322 e. The minimum absolute atomic E-state index is 0.211. The molecule has 0 aromatic carbocycles. The van der Waals surface area contributed by atoms with Crippen molar-refractivity contribution in [2.24, 2.45) is 11.5 Å². The molecule has 0 unspecified atom stereocenters. The monoisotopic (exact) mass is 201 g/mol. The molecule has 0 aromatic heterocycles. The van der Waals surface area contributed by atoms with Gasteiger partial charge in [0, 0.05) is 18.7 Å². The molecule has 0 saturated carbocycles. The number of nitrogens with two attached hydrogens (primary N) is 2. The Balaban J connectivity index is 3.86. The van der Waals surface area contributed by atoms with E-state index in [0.29, 0.717) is 0 Å². The van der Waals surface area contributed by atoms with Crippen LogP contribution in [-0.2, 0) is 14.4 Å². The van der Waals surface area contributed by atoms with Crippen molar-refractivity contribution in [1.29, 1.82) is 0 Å². The second-order valence-electron chi connectivity index (χ2n) is 2.43. The van der Waals surface area contributed by atoms with Crippen molar-refractivity contribution < 1.29 is 19.5 Å². The molecule has 1 atom stereocenters. The summed E-state index contributed by atoms with van der Waals surface area (Å²) in [5.74, 6) is -2.60. The standard InChI is InChI=1S/C7H11N3O4/c8-4(7(13)14)3-10-6(12)2-1-5(9)11/h1-2,4H,3,8H2,(H2,9,11)(H,10,12)(H,13,14)/b2-1+/t4-/m0/s1. The van der Waals surface area contributed by atoms with Gasteiger partial charge in [-0.25, -0.2) is 0 Å². The second kappa shape index (κ2) is 5.70. The van der Waals surface area contributed by atoms with Gasteiger partial charge in [0.1, 0.15) is 6.04 Å². The van der Waals surface area contributed by atoms with Crippen molar-refractivity contribution in [1.82, 2.24) is 5.32 Å². The van der Waals surface area contributed by atoms with E-state index < -0.39 is 23.8 Å². The number of amides is 2. The summed E-state index contributed by atoms with van der Waals surface area (Å²) in [5.41, 5.74) is 9.81. The molecule has 0 aliphatic heterocycles. The number of rotatable bonds is 5. The molecule has 0 bridgehead atoms. The van der Waals surface area contributed by atoms with Crippen molar-refractivity contribution in [2.75, 3.05) is 6.54 Å². The molecule has 78 valence electrons. The van der Waals surface area contributed by atoms with Crippen molar-refractivity contribution in [3.63, 3.8) is 0 Å². The number of aliphatic carboxylic acids is 1. The van der Waals surface area contributed by atoms with E-state index in [0.717, 1.165) is 12.2 Å². The maximum absolute atomic E-state index is 10.8. The van der Waals surface area contributed by atoms with Crippen molar-refractivity contribution in [3.8, 4) is 0 Å². The fraction of sp³-hybridized carbons (Fsp3) is 0.286. The number of nitrogens with one attached hydrogen (secondary N) is 1. The molecule has 0 radical (unpaired) electrons. The zero-order valence-electron chi connectivity index (χ0n) is 7.27. The summed E-state index contributed by atoms with van der Waals surface area (Å²) in [5, 5.41) is 10.5. The highest BCUT2D eigenvalue weighted by atomic mass is 16.4. The van der Waals surface area contributed by atoms with Crippen LogP contribution in [0, 0.1) is 0 Å².